The highest BCUT2D eigenvalue weighted by Crippen LogP contribution is 2.18. The molecule has 2 aliphatic rings. The van der Waals surface area contributed by atoms with Crippen molar-refractivity contribution in [3.05, 3.63) is 0 Å². The van der Waals surface area contributed by atoms with Gasteiger partial charge >= 0.3 is 0 Å². The second-order valence-corrected chi connectivity index (χ2v) is 4.65. The van der Waals surface area contributed by atoms with Gasteiger partial charge in [-0.3, -0.25) is 0 Å². The summed E-state index contributed by atoms with van der Waals surface area (Å²) in [4.78, 5) is 0. The number of nitrogens with one attached hydrogen (secondary N) is 1. The van der Waals surface area contributed by atoms with Crippen LogP contribution in [0, 0.1) is 0 Å². The predicted octanol–water partition coefficient (Wildman–Crippen LogP) is 1.71. The Kier molecular flexibility index (Phi) is 4.90. The molecule has 1 unspecified atom stereocenters. The lowest BCUT2D eigenvalue weighted by atomic mass is 10.2. The molecule has 1 aliphatic heterocycles. The first kappa shape index (κ1) is 11.4. The van der Waals surface area contributed by atoms with Crippen molar-refractivity contribution in [2.24, 2.45) is 0 Å². The van der Waals surface area contributed by atoms with E-state index < -0.39 is 0 Å². The summed E-state index contributed by atoms with van der Waals surface area (Å²) in [5.41, 5.74) is 0. The van der Waals surface area contributed by atoms with Crippen molar-refractivity contribution in [1.82, 2.24) is 5.32 Å². The predicted molar refractivity (Wildman–Crippen MR) is 60.1 cm³/mol. The number of hydrogen-bond donors (Lipinski definition) is 1. The van der Waals surface area contributed by atoms with Crippen molar-refractivity contribution in [3.63, 3.8) is 0 Å². The molecule has 1 saturated heterocycles. The Hall–Kier alpha value is -0.120. The molecule has 0 bridgehead atoms. The normalized spacial score (nSPS) is 26.0. The van der Waals surface area contributed by atoms with E-state index in [-0.39, 0.29) is 0 Å². The molecule has 3 heteroatoms. The summed E-state index contributed by atoms with van der Waals surface area (Å²) in [6.45, 7) is 3.80. The summed E-state index contributed by atoms with van der Waals surface area (Å²) in [6.07, 6.45) is 8.03. The quantitative estimate of drug-likeness (QED) is 0.623. The SMILES string of the molecule is C(CCNC1CC1)CCOC1CCOC1. The van der Waals surface area contributed by atoms with Gasteiger partial charge in [0.2, 0.25) is 0 Å². The molecular formula is C12H23NO2. The Morgan fingerprint density at radius 3 is 2.80 bits per heavy atom. The zero-order valence-electron chi connectivity index (χ0n) is 9.54. The van der Waals surface area contributed by atoms with E-state index in [1.165, 1.54) is 38.6 Å². The summed E-state index contributed by atoms with van der Waals surface area (Å²) in [5, 5.41) is 3.53. The fraction of sp³-hybridized carbons (Fsp3) is 1.00. The maximum absolute atomic E-state index is 5.70. The number of unbranched alkanes of at least 4 members (excludes halogenated alkanes) is 2. The lowest BCUT2D eigenvalue weighted by Crippen LogP contribution is -2.17. The molecule has 0 radical (unpaired) electrons. The number of ether oxygens (including phenoxy) is 2. The highest BCUT2D eigenvalue weighted by Gasteiger charge is 2.19. The highest BCUT2D eigenvalue weighted by molar-refractivity contribution is 4.80. The smallest absolute Gasteiger partial charge is 0.0830 e. The molecule has 0 spiro atoms. The van der Waals surface area contributed by atoms with Crippen LogP contribution in [0.2, 0.25) is 0 Å². The van der Waals surface area contributed by atoms with Crippen LogP contribution in [0.5, 0.6) is 0 Å². The zero-order chi connectivity index (χ0) is 10.3. The van der Waals surface area contributed by atoms with Crippen LogP contribution in [0.15, 0.2) is 0 Å². The first-order chi connectivity index (χ1) is 7.45. The lowest BCUT2D eigenvalue weighted by molar-refractivity contribution is 0.0406. The average Bonchev–Trinajstić information content (AvgIpc) is 2.92. The van der Waals surface area contributed by atoms with Gasteiger partial charge < -0.3 is 14.8 Å². The molecule has 1 heterocycles. The van der Waals surface area contributed by atoms with E-state index in [0.717, 1.165) is 32.3 Å². The maximum Gasteiger partial charge on any atom is 0.0830 e. The Labute approximate surface area is 92.5 Å². The van der Waals surface area contributed by atoms with Crippen LogP contribution in [0.1, 0.15) is 38.5 Å². The van der Waals surface area contributed by atoms with Crippen LogP contribution in [0.4, 0.5) is 0 Å². The van der Waals surface area contributed by atoms with Crippen LogP contribution in [-0.2, 0) is 9.47 Å². The van der Waals surface area contributed by atoms with Gasteiger partial charge in [-0.2, -0.15) is 0 Å². The van der Waals surface area contributed by atoms with Crippen molar-refractivity contribution in [3.8, 4) is 0 Å². The van der Waals surface area contributed by atoms with Crippen molar-refractivity contribution in [2.45, 2.75) is 50.7 Å². The molecule has 0 amide bonds. The largest absolute Gasteiger partial charge is 0.379 e. The van der Waals surface area contributed by atoms with Gasteiger partial charge in [-0.25, -0.2) is 0 Å². The van der Waals surface area contributed by atoms with E-state index in [0.29, 0.717) is 6.10 Å². The van der Waals surface area contributed by atoms with E-state index >= 15 is 0 Å². The van der Waals surface area contributed by atoms with Crippen LogP contribution in [0.25, 0.3) is 0 Å². The van der Waals surface area contributed by atoms with Gasteiger partial charge in [-0.05, 0) is 45.1 Å². The average molecular weight is 213 g/mol. The van der Waals surface area contributed by atoms with Crippen LogP contribution in [-0.4, -0.2) is 38.5 Å². The van der Waals surface area contributed by atoms with E-state index in [4.69, 9.17) is 9.47 Å². The second kappa shape index (κ2) is 6.46. The molecule has 0 aromatic carbocycles. The molecule has 0 aromatic heterocycles. The molecule has 15 heavy (non-hydrogen) atoms. The van der Waals surface area contributed by atoms with Gasteiger partial charge in [-0.1, -0.05) is 0 Å². The number of hydrogen-bond acceptors (Lipinski definition) is 3. The molecule has 2 fully saturated rings. The first-order valence-electron chi connectivity index (χ1n) is 6.38. The Bertz CT molecular complexity index is 165. The third-order valence-electron chi connectivity index (χ3n) is 3.07. The lowest BCUT2D eigenvalue weighted by Gasteiger charge is -2.09. The molecule has 88 valence electrons. The van der Waals surface area contributed by atoms with Gasteiger partial charge in [0.25, 0.3) is 0 Å². The van der Waals surface area contributed by atoms with Gasteiger partial charge in [-0.15, -0.1) is 0 Å². The molecule has 3 nitrogen and oxygen atoms in total. The monoisotopic (exact) mass is 213 g/mol. The maximum atomic E-state index is 5.70. The minimum Gasteiger partial charge on any atom is -0.379 e. The summed E-state index contributed by atoms with van der Waals surface area (Å²) < 4.78 is 10.9. The summed E-state index contributed by atoms with van der Waals surface area (Å²) in [6, 6.07) is 0.858. The molecule has 1 saturated carbocycles. The van der Waals surface area contributed by atoms with E-state index in [2.05, 4.69) is 5.32 Å². The third-order valence-corrected chi connectivity index (χ3v) is 3.07. The van der Waals surface area contributed by atoms with Crippen LogP contribution in [0.3, 0.4) is 0 Å². The Morgan fingerprint density at radius 1 is 1.13 bits per heavy atom. The first-order valence-corrected chi connectivity index (χ1v) is 6.38. The van der Waals surface area contributed by atoms with Crippen molar-refractivity contribution in [2.75, 3.05) is 26.4 Å². The molecule has 2 rings (SSSR count). The Balaban J connectivity index is 1.32. The number of rotatable bonds is 8. The molecule has 1 aliphatic carbocycles. The molecule has 1 N–H and O–H groups in total. The van der Waals surface area contributed by atoms with Crippen molar-refractivity contribution in [1.29, 1.82) is 0 Å². The summed E-state index contributed by atoms with van der Waals surface area (Å²) >= 11 is 0. The topological polar surface area (TPSA) is 30.5 Å². The Morgan fingerprint density at radius 2 is 2.07 bits per heavy atom. The van der Waals surface area contributed by atoms with E-state index in [1.54, 1.807) is 0 Å². The minimum absolute atomic E-state index is 0.384. The standard InChI is InChI=1S/C12H23NO2/c1(2-7-13-11-4-5-11)3-8-15-12-6-9-14-10-12/h11-13H,1-10H2. The van der Waals surface area contributed by atoms with Gasteiger partial charge in [0.15, 0.2) is 0 Å². The van der Waals surface area contributed by atoms with Crippen molar-refractivity contribution >= 4 is 0 Å². The van der Waals surface area contributed by atoms with Gasteiger partial charge in [0.1, 0.15) is 0 Å². The molecule has 1 atom stereocenters. The van der Waals surface area contributed by atoms with Gasteiger partial charge in [0, 0.05) is 19.3 Å². The van der Waals surface area contributed by atoms with Crippen LogP contribution < -0.4 is 5.32 Å². The second-order valence-electron chi connectivity index (χ2n) is 4.65. The van der Waals surface area contributed by atoms with Gasteiger partial charge in [0.05, 0.1) is 12.7 Å². The van der Waals surface area contributed by atoms with Crippen LogP contribution >= 0.6 is 0 Å². The van der Waals surface area contributed by atoms with Crippen molar-refractivity contribution < 1.29 is 9.47 Å². The molecule has 0 aromatic rings. The fourth-order valence-corrected chi connectivity index (χ4v) is 1.89. The molecular weight excluding hydrogens is 190 g/mol. The fourth-order valence-electron chi connectivity index (χ4n) is 1.89. The van der Waals surface area contributed by atoms with E-state index in [9.17, 15) is 0 Å². The summed E-state index contributed by atoms with van der Waals surface area (Å²) in [5.74, 6) is 0. The summed E-state index contributed by atoms with van der Waals surface area (Å²) in [7, 11) is 0. The van der Waals surface area contributed by atoms with E-state index in [1.807, 2.05) is 0 Å². The highest BCUT2D eigenvalue weighted by atomic mass is 16.5. The third kappa shape index (κ3) is 4.96. The zero-order valence-corrected chi connectivity index (χ0v) is 9.54. The minimum atomic E-state index is 0.384.